The van der Waals surface area contributed by atoms with E-state index in [0.717, 1.165) is 12.8 Å². The fourth-order valence-corrected chi connectivity index (χ4v) is 1.75. The van der Waals surface area contributed by atoms with Crippen molar-refractivity contribution < 1.29 is 10.1 Å². The summed E-state index contributed by atoms with van der Waals surface area (Å²) in [5.41, 5.74) is 2.44. The van der Waals surface area contributed by atoms with Gasteiger partial charge in [0.1, 0.15) is 0 Å². The maximum atomic E-state index is 10.6. The zero-order valence-corrected chi connectivity index (χ0v) is 7.76. The van der Waals surface area contributed by atoms with Crippen LogP contribution in [0.4, 0.5) is 0 Å². The molecule has 1 aliphatic carbocycles. The molecule has 1 aliphatic rings. The van der Waals surface area contributed by atoms with Crippen molar-refractivity contribution in [2.45, 2.75) is 32.1 Å². The molecule has 0 aromatic heterocycles. The number of rotatable bonds is 0. The maximum absolute atomic E-state index is 10.6. The monoisotopic (exact) mass is 185 g/mol. The second-order valence-electron chi connectivity index (χ2n) is 2.95. The van der Waals surface area contributed by atoms with E-state index in [1.807, 2.05) is 0 Å². The fourth-order valence-electron chi connectivity index (χ4n) is 1.42. The lowest BCUT2D eigenvalue weighted by Gasteiger charge is -2.14. The first-order valence-corrected chi connectivity index (χ1v) is 5.37. The molecular weight excluding hydrogens is 173 g/mol. The van der Waals surface area contributed by atoms with Gasteiger partial charge in [-0.15, -0.1) is 0 Å². The van der Waals surface area contributed by atoms with Gasteiger partial charge in [0.15, 0.2) is 5.66 Å². The highest BCUT2D eigenvalue weighted by atomic mass is 31.1. The van der Waals surface area contributed by atoms with Crippen LogP contribution in [0.25, 0.3) is 0 Å². The molecule has 0 saturated heterocycles. The molecule has 1 atom stereocenters. The first-order valence-electron chi connectivity index (χ1n) is 4.16. The minimum atomic E-state index is -2.03. The number of nitrogens with zero attached hydrogens (tertiary/aromatic N) is 1. The Balaban J connectivity index is 2.41. The summed E-state index contributed by atoms with van der Waals surface area (Å²) in [7, 11) is -2.03. The van der Waals surface area contributed by atoms with Gasteiger partial charge in [-0.2, -0.15) is 0 Å². The Bertz CT molecular complexity index is 223. The van der Waals surface area contributed by atoms with Crippen LogP contribution in [0.1, 0.15) is 32.1 Å². The van der Waals surface area contributed by atoms with Crippen LogP contribution >= 0.6 is 7.94 Å². The summed E-state index contributed by atoms with van der Waals surface area (Å²) < 4.78 is 0. The van der Waals surface area contributed by atoms with E-state index in [9.17, 15) is 4.89 Å². The van der Waals surface area contributed by atoms with Crippen molar-refractivity contribution >= 4 is 7.94 Å². The minimum absolute atomic E-state index is 0.374. The van der Waals surface area contributed by atoms with E-state index >= 15 is 0 Å². The van der Waals surface area contributed by atoms with Gasteiger partial charge in [-0.05, 0) is 18.8 Å². The largest absolute Gasteiger partial charge is 0.598 e. The highest BCUT2D eigenvalue weighted by Crippen LogP contribution is 2.23. The summed E-state index contributed by atoms with van der Waals surface area (Å²) in [5.74, 6) is 3.26. The molecule has 0 aromatic carbocycles. The molecule has 3 nitrogen and oxygen atoms in total. The van der Waals surface area contributed by atoms with Crippen LogP contribution in [0.5, 0.6) is 0 Å². The number of hydrogen-bond acceptors (Lipinski definition) is 2. The molecule has 0 aromatic rings. The van der Waals surface area contributed by atoms with E-state index in [1.165, 1.54) is 19.3 Å². The van der Waals surface area contributed by atoms with Gasteiger partial charge in [-0.3, -0.25) is 0 Å². The third kappa shape index (κ3) is 3.32. The molecule has 1 N–H and O–H groups in total. The summed E-state index contributed by atoms with van der Waals surface area (Å²) in [6.07, 6.45) is 5.91. The van der Waals surface area contributed by atoms with Crippen molar-refractivity contribution in [2.75, 3.05) is 0 Å². The Morgan fingerprint density at radius 3 is 2.58 bits per heavy atom. The Labute approximate surface area is 73.3 Å². The smallest absolute Gasteiger partial charge is 0.294 e. The van der Waals surface area contributed by atoms with Crippen molar-refractivity contribution in [3.05, 3.63) is 0 Å². The van der Waals surface area contributed by atoms with E-state index in [2.05, 4.69) is 16.5 Å². The first kappa shape index (κ1) is 9.67. The lowest BCUT2D eigenvalue weighted by molar-refractivity contribution is -0.154. The molecule has 1 fully saturated rings. The molecule has 12 heavy (non-hydrogen) atoms. The Morgan fingerprint density at radius 1 is 1.33 bits per heavy atom. The van der Waals surface area contributed by atoms with Crippen molar-refractivity contribution in [3.8, 4) is 11.6 Å². The van der Waals surface area contributed by atoms with Crippen LogP contribution in [-0.2, 0) is 0 Å². The molecule has 0 aliphatic heterocycles. The average Bonchev–Trinajstić information content (AvgIpc) is 2.16. The topological polar surface area (TPSA) is 55.7 Å². The van der Waals surface area contributed by atoms with Crippen molar-refractivity contribution in [1.29, 1.82) is 0 Å². The molecule has 4 heteroatoms. The number of hydrogen-bond donors (Lipinski definition) is 1. The second kappa shape index (κ2) is 5.27. The van der Waals surface area contributed by atoms with Crippen molar-refractivity contribution in [1.82, 2.24) is 0 Å². The highest BCUT2D eigenvalue weighted by molar-refractivity contribution is 7.45. The molecule has 0 heterocycles. The average molecular weight is 185 g/mol. The van der Waals surface area contributed by atoms with E-state index in [0.29, 0.717) is 5.92 Å². The Kier molecular flexibility index (Phi) is 4.24. The lowest BCUT2D eigenvalue weighted by atomic mass is 9.90. The lowest BCUT2D eigenvalue weighted by Crippen LogP contribution is -2.02. The fraction of sp³-hybridized carbons (Fsp3) is 0.750. The summed E-state index contributed by atoms with van der Waals surface area (Å²) in [6, 6.07) is 0. The SMILES string of the molecule is [O-][P+](C#CC1CCCCC1)=NO. The summed E-state index contributed by atoms with van der Waals surface area (Å²) >= 11 is 0. The molecule has 66 valence electrons. The Morgan fingerprint density at radius 2 is 2.00 bits per heavy atom. The van der Waals surface area contributed by atoms with Crippen LogP contribution in [0.15, 0.2) is 4.91 Å². The van der Waals surface area contributed by atoms with Crippen LogP contribution in [0.3, 0.4) is 0 Å². The van der Waals surface area contributed by atoms with Crippen LogP contribution in [0, 0.1) is 17.5 Å². The molecule has 1 rings (SSSR count). The van der Waals surface area contributed by atoms with Gasteiger partial charge in [0.25, 0.3) is 7.94 Å². The highest BCUT2D eigenvalue weighted by Gasteiger charge is 2.10. The van der Waals surface area contributed by atoms with Gasteiger partial charge in [0.2, 0.25) is 0 Å². The first-order chi connectivity index (χ1) is 5.83. The van der Waals surface area contributed by atoms with Gasteiger partial charge >= 0.3 is 0 Å². The Hall–Kier alpha value is -0.420. The van der Waals surface area contributed by atoms with Gasteiger partial charge in [-0.1, -0.05) is 19.3 Å². The van der Waals surface area contributed by atoms with Crippen molar-refractivity contribution in [2.24, 2.45) is 10.8 Å². The quantitative estimate of drug-likeness (QED) is 0.355. The van der Waals surface area contributed by atoms with Crippen LogP contribution in [0.2, 0.25) is 0 Å². The van der Waals surface area contributed by atoms with E-state index in [-0.39, 0.29) is 0 Å². The molecule has 0 spiro atoms. The zero-order chi connectivity index (χ0) is 8.81. The third-order valence-corrected chi connectivity index (χ3v) is 2.53. The third-order valence-electron chi connectivity index (χ3n) is 2.05. The summed E-state index contributed by atoms with van der Waals surface area (Å²) in [5, 5.41) is 8.10. The second-order valence-corrected chi connectivity index (χ2v) is 3.90. The van der Waals surface area contributed by atoms with E-state index in [1.54, 1.807) is 0 Å². The predicted molar refractivity (Wildman–Crippen MR) is 45.5 cm³/mol. The van der Waals surface area contributed by atoms with Gasteiger partial charge in [0, 0.05) is 5.92 Å². The van der Waals surface area contributed by atoms with E-state index < -0.39 is 7.94 Å². The standard InChI is InChI=1S/C8H12NO2P/c10-9-12(11)7-6-8-4-2-1-3-5-8/h8,10H,1-5H2. The molecular formula is C8H12NO2P. The normalized spacial score (nSPS) is 20.0. The van der Waals surface area contributed by atoms with Gasteiger partial charge < -0.3 is 4.89 Å². The van der Waals surface area contributed by atoms with Crippen LogP contribution < -0.4 is 4.89 Å². The van der Waals surface area contributed by atoms with E-state index in [4.69, 9.17) is 5.21 Å². The molecule has 0 radical (unpaired) electrons. The van der Waals surface area contributed by atoms with Gasteiger partial charge in [-0.25, -0.2) is 5.21 Å². The van der Waals surface area contributed by atoms with Crippen LogP contribution in [-0.4, -0.2) is 5.21 Å². The summed E-state index contributed by atoms with van der Waals surface area (Å²) in [4.78, 5) is 13.2. The van der Waals surface area contributed by atoms with Gasteiger partial charge in [0.05, 0.1) is 4.91 Å². The summed E-state index contributed by atoms with van der Waals surface area (Å²) in [6.45, 7) is 0. The molecule has 1 unspecified atom stereocenters. The minimum Gasteiger partial charge on any atom is -0.598 e. The zero-order valence-electron chi connectivity index (χ0n) is 6.86. The maximum Gasteiger partial charge on any atom is 0.294 e. The predicted octanol–water partition coefficient (Wildman–Crippen LogP) is 1.86. The molecule has 0 bridgehead atoms. The molecule has 0 amide bonds. The van der Waals surface area contributed by atoms with Crippen molar-refractivity contribution in [3.63, 3.8) is 0 Å². The molecule has 1 saturated carbocycles.